The smallest absolute Gasteiger partial charge is 0.165 e. The Labute approximate surface area is 279 Å². The Morgan fingerprint density at radius 1 is 0.717 bits per heavy atom. The quantitative estimate of drug-likeness (QED) is 0.192. The molecule has 4 aliphatic rings. The number of hydrogen-bond donors (Lipinski definition) is 0. The van der Waals surface area contributed by atoms with E-state index in [4.69, 9.17) is 6.58 Å². The summed E-state index contributed by atoms with van der Waals surface area (Å²) in [4.78, 5) is 13.7. The molecule has 0 radical (unpaired) electrons. The highest BCUT2D eigenvalue weighted by Crippen LogP contribution is 2.48. The van der Waals surface area contributed by atoms with Crippen molar-refractivity contribution in [3.8, 4) is 11.1 Å². The number of fused-ring (bicyclic) bond motifs is 3. The highest BCUT2D eigenvalue weighted by molar-refractivity contribution is 5.98. The fraction of sp³-hybridized carbons (Fsp3) is 0.533. The molecule has 0 saturated heterocycles. The van der Waals surface area contributed by atoms with Crippen LogP contribution in [-0.2, 0) is 19.3 Å². The second-order valence-corrected chi connectivity index (χ2v) is 15.8. The van der Waals surface area contributed by atoms with E-state index < -0.39 is 0 Å². The van der Waals surface area contributed by atoms with Crippen LogP contribution in [0.25, 0.3) is 11.1 Å². The molecule has 7 rings (SSSR count). The van der Waals surface area contributed by atoms with Gasteiger partial charge in [0.25, 0.3) is 0 Å². The molecule has 1 unspecified atom stereocenters. The number of carbonyl (C=O) groups excluding carboxylic acids is 1. The molecule has 1 nitrogen and oxygen atoms in total. The van der Waals surface area contributed by atoms with Gasteiger partial charge < -0.3 is 0 Å². The number of ketones is 1. The molecule has 242 valence electrons. The fourth-order valence-electron chi connectivity index (χ4n) is 10.1. The molecule has 0 heterocycles. The normalized spacial score (nSPS) is 27.0. The predicted molar refractivity (Wildman–Crippen MR) is 194 cm³/mol. The Kier molecular flexibility index (Phi) is 9.67. The molecule has 3 fully saturated rings. The molecular formula is C45H56O. The molecular weight excluding hydrogens is 556 g/mol. The summed E-state index contributed by atoms with van der Waals surface area (Å²) in [5.74, 6) is 4.48. The molecule has 1 atom stereocenters. The van der Waals surface area contributed by atoms with Crippen LogP contribution in [0.2, 0.25) is 0 Å². The first-order valence-electron chi connectivity index (χ1n) is 19.0. The monoisotopic (exact) mass is 612 g/mol. The predicted octanol–water partition coefficient (Wildman–Crippen LogP) is 12.1. The minimum absolute atomic E-state index is 0.214. The van der Waals surface area contributed by atoms with E-state index in [2.05, 4.69) is 74.5 Å². The first kappa shape index (κ1) is 31.7. The Hall–Kier alpha value is -2.93. The van der Waals surface area contributed by atoms with Crippen LogP contribution in [0.15, 0.2) is 72.8 Å². The number of benzene rings is 3. The SMILES string of the molecule is C=C1Cc2ccc(Cc3ccc(C(=O)C4CCC(C5CCC(C)CC5)CC4)cc3CC)cc2-c2ccccc2C1C1CCCCC1. The topological polar surface area (TPSA) is 17.1 Å². The number of allylic oxidation sites excluding steroid dienone is 1. The van der Waals surface area contributed by atoms with E-state index in [-0.39, 0.29) is 5.92 Å². The number of aryl methyl sites for hydroxylation is 1. The van der Waals surface area contributed by atoms with Crippen molar-refractivity contribution in [1.82, 2.24) is 0 Å². The van der Waals surface area contributed by atoms with Gasteiger partial charge in [0.2, 0.25) is 0 Å². The van der Waals surface area contributed by atoms with Crippen molar-refractivity contribution in [2.45, 2.75) is 122 Å². The minimum Gasteiger partial charge on any atom is -0.294 e. The molecule has 1 heteroatoms. The van der Waals surface area contributed by atoms with Gasteiger partial charge in [0, 0.05) is 17.4 Å². The van der Waals surface area contributed by atoms with Crippen molar-refractivity contribution in [2.75, 3.05) is 0 Å². The van der Waals surface area contributed by atoms with Gasteiger partial charge in [0.05, 0.1) is 0 Å². The maximum Gasteiger partial charge on any atom is 0.165 e. The molecule has 0 amide bonds. The van der Waals surface area contributed by atoms with E-state index >= 15 is 0 Å². The van der Waals surface area contributed by atoms with Crippen molar-refractivity contribution in [3.63, 3.8) is 0 Å². The molecule has 3 aromatic rings. The van der Waals surface area contributed by atoms with Crippen molar-refractivity contribution in [1.29, 1.82) is 0 Å². The van der Waals surface area contributed by atoms with Crippen molar-refractivity contribution < 1.29 is 4.79 Å². The molecule has 0 bridgehead atoms. The van der Waals surface area contributed by atoms with Gasteiger partial charge >= 0.3 is 0 Å². The lowest BCUT2D eigenvalue weighted by atomic mass is 9.68. The van der Waals surface area contributed by atoms with Crippen LogP contribution in [0.5, 0.6) is 0 Å². The van der Waals surface area contributed by atoms with Crippen LogP contribution in [0.3, 0.4) is 0 Å². The van der Waals surface area contributed by atoms with Gasteiger partial charge in [-0.05, 0) is 139 Å². The van der Waals surface area contributed by atoms with Crippen LogP contribution in [0.1, 0.15) is 141 Å². The standard InChI is InChI=1S/C45H56O/c1-4-33-29-40(45(46)37-22-20-35(21-23-37)34-17-14-30(2)15-18-34)25-24-38(33)27-32-16-19-39-26-31(3)44(36-10-6-5-7-11-36)42-13-9-8-12-41(42)43(39)28-32/h8-9,12-13,16,19,24-25,28-30,34-37,44H,3-7,10-11,14-15,17-18,20-23,26-27H2,1-2H3. The molecule has 3 aromatic carbocycles. The number of hydrogen-bond acceptors (Lipinski definition) is 1. The van der Waals surface area contributed by atoms with Gasteiger partial charge in [-0.25, -0.2) is 0 Å². The van der Waals surface area contributed by atoms with Crippen molar-refractivity contribution in [3.05, 3.63) is 106 Å². The maximum atomic E-state index is 13.7. The summed E-state index contributed by atoms with van der Waals surface area (Å²) in [6, 6.07) is 23.0. The molecule has 0 spiro atoms. The van der Waals surface area contributed by atoms with Crippen LogP contribution in [0.4, 0.5) is 0 Å². The van der Waals surface area contributed by atoms with Gasteiger partial charge in [-0.2, -0.15) is 0 Å². The van der Waals surface area contributed by atoms with E-state index in [9.17, 15) is 4.79 Å². The number of rotatable bonds is 7. The number of carbonyl (C=O) groups is 1. The summed E-state index contributed by atoms with van der Waals surface area (Å²) >= 11 is 0. The van der Waals surface area contributed by atoms with Gasteiger partial charge in [-0.1, -0.05) is 113 Å². The molecule has 3 saturated carbocycles. The molecule has 0 aliphatic heterocycles. The Morgan fingerprint density at radius 2 is 1.43 bits per heavy atom. The van der Waals surface area contributed by atoms with Crippen molar-refractivity contribution >= 4 is 5.78 Å². The second kappa shape index (κ2) is 14.0. The lowest BCUT2D eigenvalue weighted by Crippen LogP contribution is -2.28. The summed E-state index contributed by atoms with van der Waals surface area (Å²) in [6.07, 6.45) is 19.9. The largest absolute Gasteiger partial charge is 0.294 e. The molecule has 0 aromatic heterocycles. The third-order valence-electron chi connectivity index (χ3n) is 12.9. The second-order valence-electron chi connectivity index (χ2n) is 15.8. The zero-order chi connectivity index (χ0) is 31.6. The van der Waals surface area contributed by atoms with Crippen molar-refractivity contribution in [2.24, 2.45) is 29.6 Å². The minimum atomic E-state index is 0.214. The van der Waals surface area contributed by atoms with E-state index in [1.807, 2.05) is 0 Å². The lowest BCUT2D eigenvalue weighted by Gasteiger charge is -2.37. The third kappa shape index (κ3) is 6.58. The average molecular weight is 613 g/mol. The highest BCUT2D eigenvalue weighted by Gasteiger charge is 2.34. The van der Waals surface area contributed by atoms with Crippen LogP contribution < -0.4 is 0 Å². The molecule has 4 aliphatic carbocycles. The Balaban J connectivity index is 1.07. The van der Waals surface area contributed by atoms with Gasteiger partial charge in [-0.15, -0.1) is 0 Å². The zero-order valence-electron chi connectivity index (χ0n) is 28.7. The van der Waals surface area contributed by atoms with Gasteiger partial charge in [-0.3, -0.25) is 4.79 Å². The zero-order valence-corrected chi connectivity index (χ0v) is 28.7. The fourth-order valence-corrected chi connectivity index (χ4v) is 10.1. The average Bonchev–Trinajstić information content (AvgIpc) is 3.22. The number of Topliss-reactive ketones (excluding diaryl/α,β-unsaturated/α-hetero) is 1. The van der Waals surface area contributed by atoms with Gasteiger partial charge in [0.15, 0.2) is 5.78 Å². The lowest BCUT2D eigenvalue weighted by molar-refractivity contribution is 0.0832. The van der Waals surface area contributed by atoms with E-state index in [1.165, 1.54) is 115 Å². The summed E-state index contributed by atoms with van der Waals surface area (Å²) < 4.78 is 0. The van der Waals surface area contributed by atoms with Crippen LogP contribution in [0, 0.1) is 29.6 Å². The van der Waals surface area contributed by atoms with Crippen LogP contribution >= 0.6 is 0 Å². The molecule has 0 N–H and O–H groups in total. The summed E-state index contributed by atoms with van der Waals surface area (Å²) in [5, 5.41) is 0. The van der Waals surface area contributed by atoms with E-state index in [1.54, 1.807) is 0 Å². The summed E-state index contributed by atoms with van der Waals surface area (Å²) in [6.45, 7) is 9.36. The highest BCUT2D eigenvalue weighted by atomic mass is 16.1. The van der Waals surface area contributed by atoms with E-state index in [0.717, 1.165) is 61.3 Å². The van der Waals surface area contributed by atoms with Crippen LogP contribution in [-0.4, -0.2) is 5.78 Å². The third-order valence-corrected chi connectivity index (χ3v) is 12.9. The van der Waals surface area contributed by atoms with E-state index in [0.29, 0.717) is 11.7 Å². The summed E-state index contributed by atoms with van der Waals surface area (Å²) in [5.41, 5.74) is 12.1. The first-order valence-corrected chi connectivity index (χ1v) is 19.0. The van der Waals surface area contributed by atoms with Gasteiger partial charge in [0.1, 0.15) is 0 Å². The summed E-state index contributed by atoms with van der Waals surface area (Å²) in [7, 11) is 0. The Bertz CT molecular complexity index is 1540. The maximum absolute atomic E-state index is 13.7. The molecule has 46 heavy (non-hydrogen) atoms. The Morgan fingerprint density at radius 3 is 2.17 bits per heavy atom. The first-order chi connectivity index (χ1) is 22.5.